The molecule has 1 fully saturated rings. The average Bonchev–Trinajstić information content (AvgIpc) is 2.55. The van der Waals surface area contributed by atoms with Crippen molar-refractivity contribution in [1.29, 1.82) is 0 Å². The molecular weight excluding hydrogens is 208 g/mol. The summed E-state index contributed by atoms with van der Waals surface area (Å²) in [6, 6.07) is 1.32. The summed E-state index contributed by atoms with van der Waals surface area (Å²) in [5.41, 5.74) is 0. The molecule has 1 N–H and O–H groups in total. The lowest BCUT2D eigenvalue weighted by atomic mass is 9.89. The van der Waals surface area contributed by atoms with E-state index in [4.69, 9.17) is 0 Å². The number of rotatable bonds is 5. The molecule has 0 aromatic rings. The summed E-state index contributed by atoms with van der Waals surface area (Å²) < 4.78 is 0. The first-order chi connectivity index (χ1) is 8.10. The van der Waals surface area contributed by atoms with E-state index in [2.05, 4.69) is 45.0 Å². The smallest absolute Gasteiger partial charge is 0.0220 e. The Bertz CT molecular complexity index is 199. The SMILES string of the molecule is CCC(NC)C(C)N1CCCC(C(C)C)CC1. The van der Waals surface area contributed by atoms with E-state index in [-0.39, 0.29) is 0 Å². The zero-order chi connectivity index (χ0) is 12.8. The van der Waals surface area contributed by atoms with E-state index < -0.39 is 0 Å². The summed E-state index contributed by atoms with van der Waals surface area (Å²) in [7, 11) is 2.10. The fourth-order valence-electron chi connectivity index (χ4n) is 3.26. The fourth-order valence-corrected chi connectivity index (χ4v) is 3.26. The van der Waals surface area contributed by atoms with Gasteiger partial charge in [0.2, 0.25) is 0 Å². The van der Waals surface area contributed by atoms with Crippen LogP contribution in [0.2, 0.25) is 0 Å². The molecule has 0 aliphatic carbocycles. The van der Waals surface area contributed by atoms with E-state index in [1.54, 1.807) is 0 Å². The summed E-state index contributed by atoms with van der Waals surface area (Å²) >= 11 is 0. The van der Waals surface area contributed by atoms with Crippen LogP contribution in [0.3, 0.4) is 0 Å². The van der Waals surface area contributed by atoms with Crippen molar-refractivity contribution >= 4 is 0 Å². The maximum Gasteiger partial charge on any atom is 0.0220 e. The van der Waals surface area contributed by atoms with Gasteiger partial charge in [-0.25, -0.2) is 0 Å². The molecule has 1 rings (SSSR count). The largest absolute Gasteiger partial charge is 0.315 e. The lowest BCUT2D eigenvalue weighted by molar-refractivity contribution is 0.172. The standard InChI is InChI=1S/C15H32N2/c1-6-15(16-5)13(4)17-10-7-8-14(9-11-17)12(2)3/h12-16H,6-11H2,1-5H3. The highest BCUT2D eigenvalue weighted by molar-refractivity contribution is 4.82. The van der Waals surface area contributed by atoms with Crippen molar-refractivity contribution in [3.05, 3.63) is 0 Å². The van der Waals surface area contributed by atoms with Gasteiger partial charge in [-0.1, -0.05) is 20.8 Å². The van der Waals surface area contributed by atoms with Gasteiger partial charge in [0, 0.05) is 12.1 Å². The molecule has 0 bridgehead atoms. The quantitative estimate of drug-likeness (QED) is 0.794. The van der Waals surface area contributed by atoms with E-state index in [0.717, 1.165) is 11.8 Å². The van der Waals surface area contributed by atoms with E-state index in [1.807, 2.05) is 0 Å². The van der Waals surface area contributed by atoms with Crippen molar-refractivity contribution in [3.8, 4) is 0 Å². The maximum atomic E-state index is 3.46. The molecule has 1 aliphatic rings. The van der Waals surface area contributed by atoms with Crippen LogP contribution in [0.1, 0.15) is 53.4 Å². The lowest BCUT2D eigenvalue weighted by Gasteiger charge is -2.33. The van der Waals surface area contributed by atoms with Crippen molar-refractivity contribution in [2.45, 2.75) is 65.5 Å². The molecule has 1 heterocycles. The first-order valence-corrected chi connectivity index (χ1v) is 7.51. The van der Waals surface area contributed by atoms with Gasteiger partial charge in [-0.2, -0.15) is 0 Å². The number of hydrogen-bond acceptors (Lipinski definition) is 2. The molecule has 3 unspecified atom stereocenters. The summed E-state index contributed by atoms with van der Waals surface area (Å²) in [6.45, 7) is 12.0. The molecule has 0 amide bonds. The number of likely N-dealkylation sites (N-methyl/N-ethyl adjacent to an activating group) is 1. The second-order valence-electron chi connectivity index (χ2n) is 6.01. The lowest BCUT2D eigenvalue weighted by Crippen LogP contribution is -2.47. The van der Waals surface area contributed by atoms with Crippen LogP contribution in [0, 0.1) is 11.8 Å². The van der Waals surface area contributed by atoms with Crippen LogP contribution in [0.15, 0.2) is 0 Å². The third-order valence-corrected chi connectivity index (χ3v) is 4.72. The van der Waals surface area contributed by atoms with Gasteiger partial charge in [0.05, 0.1) is 0 Å². The first kappa shape index (κ1) is 15.0. The summed E-state index contributed by atoms with van der Waals surface area (Å²) in [5, 5.41) is 3.46. The Hall–Kier alpha value is -0.0800. The Balaban J connectivity index is 2.50. The highest BCUT2D eigenvalue weighted by Gasteiger charge is 2.25. The molecule has 17 heavy (non-hydrogen) atoms. The van der Waals surface area contributed by atoms with Crippen LogP contribution in [-0.4, -0.2) is 37.1 Å². The minimum Gasteiger partial charge on any atom is -0.315 e. The van der Waals surface area contributed by atoms with Gasteiger partial charge in [0.15, 0.2) is 0 Å². The van der Waals surface area contributed by atoms with Gasteiger partial charge < -0.3 is 5.32 Å². The first-order valence-electron chi connectivity index (χ1n) is 7.51. The number of hydrogen-bond donors (Lipinski definition) is 1. The Morgan fingerprint density at radius 1 is 1.18 bits per heavy atom. The topological polar surface area (TPSA) is 15.3 Å². The third kappa shape index (κ3) is 4.26. The molecule has 0 spiro atoms. The van der Waals surface area contributed by atoms with Crippen molar-refractivity contribution in [1.82, 2.24) is 10.2 Å². The fraction of sp³-hybridized carbons (Fsp3) is 1.00. The Morgan fingerprint density at radius 2 is 1.88 bits per heavy atom. The Morgan fingerprint density at radius 3 is 2.41 bits per heavy atom. The normalized spacial score (nSPS) is 26.8. The number of likely N-dealkylation sites (tertiary alicyclic amines) is 1. The molecule has 2 heteroatoms. The molecule has 0 radical (unpaired) electrons. The highest BCUT2D eigenvalue weighted by atomic mass is 15.2. The van der Waals surface area contributed by atoms with Gasteiger partial charge in [0.1, 0.15) is 0 Å². The van der Waals surface area contributed by atoms with Gasteiger partial charge >= 0.3 is 0 Å². The minimum absolute atomic E-state index is 0.644. The van der Waals surface area contributed by atoms with Gasteiger partial charge in [-0.3, -0.25) is 4.90 Å². The van der Waals surface area contributed by atoms with Gasteiger partial charge in [0.25, 0.3) is 0 Å². The van der Waals surface area contributed by atoms with E-state index >= 15 is 0 Å². The molecule has 1 aliphatic heterocycles. The second-order valence-corrected chi connectivity index (χ2v) is 6.01. The van der Waals surface area contributed by atoms with Crippen LogP contribution in [-0.2, 0) is 0 Å². The summed E-state index contributed by atoms with van der Waals surface area (Å²) in [5.74, 6) is 1.80. The Labute approximate surface area is 108 Å². The van der Waals surface area contributed by atoms with Gasteiger partial charge in [-0.15, -0.1) is 0 Å². The zero-order valence-electron chi connectivity index (χ0n) is 12.5. The van der Waals surface area contributed by atoms with Crippen molar-refractivity contribution in [2.24, 2.45) is 11.8 Å². The van der Waals surface area contributed by atoms with Gasteiger partial charge in [-0.05, 0) is 64.6 Å². The molecule has 0 aromatic carbocycles. The molecule has 0 aromatic heterocycles. The van der Waals surface area contributed by atoms with E-state index in [0.29, 0.717) is 12.1 Å². The molecular formula is C15H32N2. The van der Waals surface area contributed by atoms with Crippen LogP contribution in [0.5, 0.6) is 0 Å². The van der Waals surface area contributed by atoms with Crippen molar-refractivity contribution < 1.29 is 0 Å². The molecule has 1 saturated heterocycles. The van der Waals surface area contributed by atoms with E-state index in [1.165, 1.54) is 38.8 Å². The highest BCUT2D eigenvalue weighted by Crippen LogP contribution is 2.25. The van der Waals surface area contributed by atoms with Crippen LogP contribution in [0.25, 0.3) is 0 Å². The molecule has 2 nitrogen and oxygen atoms in total. The van der Waals surface area contributed by atoms with Crippen molar-refractivity contribution in [2.75, 3.05) is 20.1 Å². The van der Waals surface area contributed by atoms with Crippen LogP contribution >= 0.6 is 0 Å². The summed E-state index contributed by atoms with van der Waals surface area (Å²) in [6.07, 6.45) is 5.43. The maximum absolute atomic E-state index is 3.46. The summed E-state index contributed by atoms with van der Waals surface area (Å²) in [4.78, 5) is 2.70. The average molecular weight is 240 g/mol. The Kier molecular flexibility index (Phi) is 6.50. The minimum atomic E-state index is 0.644. The second kappa shape index (κ2) is 7.38. The molecule has 3 atom stereocenters. The molecule has 0 saturated carbocycles. The van der Waals surface area contributed by atoms with Crippen molar-refractivity contribution in [3.63, 3.8) is 0 Å². The number of nitrogens with zero attached hydrogens (tertiary/aromatic N) is 1. The zero-order valence-corrected chi connectivity index (χ0v) is 12.5. The third-order valence-electron chi connectivity index (χ3n) is 4.72. The number of nitrogens with one attached hydrogen (secondary N) is 1. The predicted molar refractivity (Wildman–Crippen MR) is 76.4 cm³/mol. The van der Waals surface area contributed by atoms with Crippen LogP contribution < -0.4 is 5.32 Å². The monoisotopic (exact) mass is 240 g/mol. The predicted octanol–water partition coefficient (Wildman–Crippen LogP) is 3.13. The van der Waals surface area contributed by atoms with Crippen LogP contribution in [0.4, 0.5) is 0 Å². The van der Waals surface area contributed by atoms with E-state index in [9.17, 15) is 0 Å². The molecule has 102 valence electrons.